The molecule has 0 saturated carbocycles. The molecular formula is C22H29N3O2S2. The van der Waals surface area contributed by atoms with Crippen LogP contribution in [-0.2, 0) is 23.2 Å². The van der Waals surface area contributed by atoms with Gasteiger partial charge in [0.15, 0.2) is 0 Å². The predicted octanol–water partition coefficient (Wildman–Crippen LogP) is 4.22. The van der Waals surface area contributed by atoms with Crippen molar-refractivity contribution in [2.75, 3.05) is 11.6 Å². The Labute approximate surface area is 181 Å². The zero-order valence-corrected chi connectivity index (χ0v) is 19.2. The maximum atomic E-state index is 13.0. The molecule has 2 aromatic rings. The number of benzene rings is 1. The molecule has 7 heteroatoms. The first-order chi connectivity index (χ1) is 13.8. The highest BCUT2D eigenvalue weighted by molar-refractivity contribution is 7.99. The molecule has 1 unspecified atom stereocenters. The topological polar surface area (TPSA) is 62.3 Å². The fourth-order valence-corrected chi connectivity index (χ4v) is 5.25. The van der Waals surface area contributed by atoms with E-state index in [9.17, 15) is 9.59 Å². The van der Waals surface area contributed by atoms with E-state index >= 15 is 0 Å². The number of nitrogens with zero attached hydrogens (tertiary/aromatic N) is 2. The van der Waals surface area contributed by atoms with Gasteiger partial charge in [-0.25, -0.2) is 4.98 Å². The molecular weight excluding hydrogens is 402 g/mol. The van der Waals surface area contributed by atoms with Crippen molar-refractivity contribution in [3.63, 3.8) is 0 Å². The molecule has 0 bridgehead atoms. The van der Waals surface area contributed by atoms with E-state index in [1.54, 1.807) is 28.0 Å². The van der Waals surface area contributed by atoms with Crippen LogP contribution in [0.25, 0.3) is 0 Å². The minimum Gasteiger partial charge on any atom is -0.349 e. The van der Waals surface area contributed by atoms with Crippen LogP contribution in [0.2, 0.25) is 0 Å². The van der Waals surface area contributed by atoms with Crippen molar-refractivity contribution in [3.8, 4) is 0 Å². The molecule has 0 radical (unpaired) electrons. The SMILES string of the molecule is CCCc1nc(CNC(=O)C2CSCN2C(=O)c2ccc(C(C)(C)C)cc2)cs1. The summed E-state index contributed by atoms with van der Waals surface area (Å²) in [6.45, 7) is 8.98. The molecule has 0 aliphatic carbocycles. The number of aryl methyl sites for hydroxylation is 1. The molecule has 3 rings (SSSR count). The highest BCUT2D eigenvalue weighted by Gasteiger charge is 2.35. The Bertz CT molecular complexity index is 856. The van der Waals surface area contributed by atoms with Crippen LogP contribution in [0.4, 0.5) is 0 Å². The van der Waals surface area contributed by atoms with Crippen LogP contribution in [0.15, 0.2) is 29.6 Å². The zero-order chi connectivity index (χ0) is 21.0. The predicted molar refractivity (Wildman–Crippen MR) is 120 cm³/mol. The highest BCUT2D eigenvalue weighted by atomic mass is 32.2. The Morgan fingerprint density at radius 1 is 1.24 bits per heavy atom. The Morgan fingerprint density at radius 3 is 2.62 bits per heavy atom. The fraction of sp³-hybridized carbons (Fsp3) is 0.500. The van der Waals surface area contributed by atoms with Crippen molar-refractivity contribution >= 4 is 34.9 Å². The molecule has 2 amide bonds. The van der Waals surface area contributed by atoms with Crippen molar-refractivity contribution in [1.82, 2.24) is 15.2 Å². The van der Waals surface area contributed by atoms with Crippen molar-refractivity contribution < 1.29 is 9.59 Å². The summed E-state index contributed by atoms with van der Waals surface area (Å²) in [5, 5.41) is 6.05. The van der Waals surface area contributed by atoms with Crippen LogP contribution in [0.5, 0.6) is 0 Å². The van der Waals surface area contributed by atoms with Gasteiger partial charge in [0.05, 0.1) is 23.1 Å². The Kier molecular flexibility index (Phi) is 7.01. The second-order valence-electron chi connectivity index (χ2n) is 8.32. The Morgan fingerprint density at radius 2 is 1.97 bits per heavy atom. The van der Waals surface area contributed by atoms with Gasteiger partial charge < -0.3 is 10.2 Å². The molecule has 1 aliphatic rings. The summed E-state index contributed by atoms with van der Waals surface area (Å²) in [7, 11) is 0. The maximum absolute atomic E-state index is 13.0. The van der Waals surface area contributed by atoms with Crippen LogP contribution < -0.4 is 5.32 Å². The number of nitrogens with one attached hydrogen (secondary N) is 1. The average Bonchev–Trinajstić information content (AvgIpc) is 3.35. The first-order valence-corrected chi connectivity index (χ1v) is 12.0. The second kappa shape index (κ2) is 9.30. The molecule has 2 heterocycles. The summed E-state index contributed by atoms with van der Waals surface area (Å²) < 4.78 is 0. The number of rotatable bonds is 6. The van der Waals surface area contributed by atoms with Crippen molar-refractivity contribution in [1.29, 1.82) is 0 Å². The summed E-state index contributed by atoms with van der Waals surface area (Å²) in [6.07, 6.45) is 2.03. The average molecular weight is 432 g/mol. The molecule has 1 N–H and O–H groups in total. The zero-order valence-electron chi connectivity index (χ0n) is 17.5. The van der Waals surface area contributed by atoms with Crippen molar-refractivity contribution in [3.05, 3.63) is 51.5 Å². The molecule has 1 saturated heterocycles. The smallest absolute Gasteiger partial charge is 0.255 e. The van der Waals surface area contributed by atoms with Gasteiger partial charge in [0, 0.05) is 16.7 Å². The number of thiazole rings is 1. The minimum atomic E-state index is -0.441. The summed E-state index contributed by atoms with van der Waals surface area (Å²) in [5.74, 6) is 0.958. The lowest BCUT2D eigenvalue weighted by molar-refractivity contribution is -0.124. The van der Waals surface area contributed by atoms with Crippen LogP contribution in [0.3, 0.4) is 0 Å². The van der Waals surface area contributed by atoms with Gasteiger partial charge in [-0.2, -0.15) is 0 Å². The van der Waals surface area contributed by atoms with E-state index in [-0.39, 0.29) is 17.2 Å². The van der Waals surface area contributed by atoms with E-state index in [1.165, 1.54) is 5.56 Å². The molecule has 29 heavy (non-hydrogen) atoms. The number of thioether (sulfide) groups is 1. The van der Waals surface area contributed by atoms with E-state index in [4.69, 9.17) is 0 Å². The lowest BCUT2D eigenvalue weighted by atomic mass is 9.86. The Hall–Kier alpha value is -1.86. The standard InChI is InChI=1S/C22H29N3O2S2/c1-5-6-19-24-17(12-29-19)11-23-20(26)18-13-28-14-25(18)21(27)15-7-9-16(10-8-15)22(2,3)4/h7-10,12,18H,5-6,11,13-14H2,1-4H3,(H,23,26). The largest absolute Gasteiger partial charge is 0.349 e. The second-order valence-corrected chi connectivity index (χ2v) is 10.3. The van der Waals surface area contributed by atoms with E-state index in [1.807, 2.05) is 29.6 Å². The van der Waals surface area contributed by atoms with Gasteiger partial charge in [-0.1, -0.05) is 39.8 Å². The quantitative estimate of drug-likeness (QED) is 0.744. The fourth-order valence-electron chi connectivity index (χ4n) is 3.19. The van der Waals surface area contributed by atoms with E-state index in [2.05, 4.69) is 38.0 Å². The third kappa shape index (κ3) is 5.39. The lowest BCUT2D eigenvalue weighted by Gasteiger charge is -2.24. The third-order valence-electron chi connectivity index (χ3n) is 4.95. The summed E-state index contributed by atoms with van der Waals surface area (Å²) in [4.78, 5) is 32.0. The van der Waals surface area contributed by atoms with Crippen LogP contribution >= 0.6 is 23.1 Å². The monoisotopic (exact) mass is 431 g/mol. The molecule has 1 aromatic heterocycles. The first-order valence-electron chi connectivity index (χ1n) is 10.00. The van der Waals surface area contributed by atoms with E-state index in [0.29, 0.717) is 23.7 Å². The number of hydrogen-bond acceptors (Lipinski definition) is 5. The van der Waals surface area contributed by atoms with Crippen LogP contribution in [0.1, 0.15) is 60.7 Å². The number of carbonyl (C=O) groups excluding carboxylic acids is 2. The first kappa shape index (κ1) is 21.8. The summed E-state index contributed by atoms with van der Waals surface area (Å²) in [5.41, 5.74) is 2.74. The molecule has 1 aliphatic heterocycles. The van der Waals surface area contributed by atoms with Gasteiger partial charge >= 0.3 is 0 Å². The van der Waals surface area contributed by atoms with Gasteiger partial charge in [-0.15, -0.1) is 23.1 Å². The molecule has 156 valence electrons. The third-order valence-corrected chi connectivity index (χ3v) is 6.92. The number of aromatic nitrogens is 1. The normalized spacial score (nSPS) is 16.8. The lowest BCUT2D eigenvalue weighted by Crippen LogP contribution is -2.47. The highest BCUT2D eigenvalue weighted by Crippen LogP contribution is 2.26. The van der Waals surface area contributed by atoms with Crippen molar-refractivity contribution in [2.45, 2.75) is 58.5 Å². The number of carbonyl (C=O) groups is 2. The van der Waals surface area contributed by atoms with Gasteiger partial charge in [-0.05, 0) is 36.0 Å². The maximum Gasteiger partial charge on any atom is 0.255 e. The van der Waals surface area contributed by atoms with Crippen LogP contribution in [-0.4, -0.2) is 39.4 Å². The van der Waals surface area contributed by atoms with Gasteiger partial charge in [0.2, 0.25) is 5.91 Å². The molecule has 1 fully saturated rings. The van der Waals surface area contributed by atoms with Gasteiger partial charge in [0.25, 0.3) is 5.91 Å². The Balaban J connectivity index is 1.62. The van der Waals surface area contributed by atoms with Gasteiger partial charge in [0.1, 0.15) is 6.04 Å². The molecule has 0 spiro atoms. The van der Waals surface area contributed by atoms with E-state index in [0.717, 1.165) is 23.5 Å². The number of amides is 2. The van der Waals surface area contributed by atoms with Crippen molar-refractivity contribution in [2.24, 2.45) is 0 Å². The number of hydrogen-bond donors (Lipinski definition) is 1. The molecule has 1 atom stereocenters. The van der Waals surface area contributed by atoms with Gasteiger partial charge in [-0.3, -0.25) is 9.59 Å². The summed E-state index contributed by atoms with van der Waals surface area (Å²) in [6, 6.07) is 7.30. The van der Waals surface area contributed by atoms with Crippen LogP contribution in [0, 0.1) is 0 Å². The molecule has 5 nitrogen and oxygen atoms in total. The minimum absolute atomic E-state index is 0.0418. The summed E-state index contributed by atoms with van der Waals surface area (Å²) >= 11 is 3.24. The van der Waals surface area contributed by atoms with E-state index < -0.39 is 6.04 Å². The molecule has 1 aromatic carbocycles.